The lowest BCUT2D eigenvalue weighted by Crippen LogP contribution is -2.62. The molecule has 0 aromatic carbocycles. The van der Waals surface area contributed by atoms with Crippen LogP contribution in [0.25, 0.3) is 0 Å². The summed E-state index contributed by atoms with van der Waals surface area (Å²) in [5.41, 5.74) is 0.297. The van der Waals surface area contributed by atoms with Crippen molar-refractivity contribution in [1.82, 2.24) is 0 Å². The van der Waals surface area contributed by atoms with Crippen molar-refractivity contribution in [2.45, 2.75) is 84.7 Å². The van der Waals surface area contributed by atoms with E-state index in [1.54, 1.807) is 7.11 Å². The van der Waals surface area contributed by atoms with Gasteiger partial charge in [0.05, 0.1) is 6.10 Å². The zero-order valence-corrected chi connectivity index (χ0v) is 15.5. The molecule has 0 bridgehead atoms. The molecule has 0 N–H and O–H groups in total. The predicted molar refractivity (Wildman–Crippen MR) is 87.7 cm³/mol. The first-order valence-corrected chi connectivity index (χ1v) is 9.02. The Kier molecular flexibility index (Phi) is 3.75. The minimum atomic E-state index is -0.609. The molecule has 1 heterocycles. The second-order valence-electron chi connectivity index (χ2n) is 8.93. The summed E-state index contributed by atoms with van der Waals surface area (Å²) >= 11 is 0. The van der Waals surface area contributed by atoms with Crippen LogP contribution in [0.15, 0.2) is 0 Å². The molecule has 2 unspecified atom stereocenters. The van der Waals surface area contributed by atoms with Gasteiger partial charge in [0.15, 0.2) is 5.79 Å². The Balaban J connectivity index is 2.02. The van der Waals surface area contributed by atoms with Crippen molar-refractivity contribution in [1.29, 1.82) is 0 Å². The summed E-state index contributed by atoms with van der Waals surface area (Å²) in [5, 5.41) is 0. The van der Waals surface area contributed by atoms with E-state index in [0.29, 0.717) is 12.0 Å². The Labute approximate surface area is 136 Å². The summed E-state index contributed by atoms with van der Waals surface area (Å²) in [5.74, 6) is 0.890. The molecule has 2 saturated carbocycles. The zero-order chi connectivity index (χ0) is 16.4. The van der Waals surface area contributed by atoms with Crippen LogP contribution < -0.4 is 0 Å². The van der Waals surface area contributed by atoms with Crippen molar-refractivity contribution in [3.63, 3.8) is 0 Å². The van der Waals surface area contributed by atoms with E-state index in [1.807, 2.05) is 6.92 Å². The van der Waals surface area contributed by atoms with Crippen LogP contribution >= 0.6 is 0 Å². The summed E-state index contributed by atoms with van der Waals surface area (Å²) < 4.78 is 18.4. The Morgan fingerprint density at radius 1 is 1.14 bits per heavy atom. The van der Waals surface area contributed by atoms with Crippen molar-refractivity contribution in [2.24, 2.45) is 22.7 Å². The molecule has 0 spiro atoms. The van der Waals surface area contributed by atoms with Gasteiger partial charge in [-0.1, -0.05) is 27.7 Å². The molecule has 3 nitrogen and oxygen atoms in total. The fraction of sp³-hybridized carbons (Fsp3) is 1.00. The molecule has 3 aliphatic rings. The van der Waals surface area contributed by atoms with Crippen LogP contribution in [0.1, 0.15) is 67.2 Å². The first-order valence-electron chi connectivity index (χ1n) is 9.02. The van der Waals surface area contributed by atoms with Gasteiger partial charge in [0, 0.05) is 7.11 Å². The maximum atomic E-state index is 6.58. The summed E-state index contributed by atoms with van der Waals surface area (Å²) in [4.78, 5) is 0. The van der Waals surface area contributed by atoms with E-state index >= 15 is 0 Å². The maximum absolute atomic E-state index is 6.58. The van der Waals surface area contributed by atoms with E-state index in [0.717, 1.165) is 18.3 Å². The first-order chi connectivity index (χ1) is 10.2. The lowest BCUT2D eigenvalue weighted by molar-refractivity contribution is -0.225. The molecule has 6 atom stereocenters. The molecule has 3 fully saturated rings. The molecule has 1 aliphatic heterocycles. The van der Waals surface area contributed by atoms with E-state index in [1.165, 1.54) is 19.3 Å². The predicted octanol–water partition coefficient (Wildman–Crippen LogP) is 4.40. The van der Waals surface area contributed by atoms with Crippen LogP contribution in [0.3, 0.4) is 0 Å². The zero-order valence-electron chi connectivity index (χ0n) is 15.5. The minimum Gasteiger partial charge on any atom is -0.379 e. The molecular weight excluding hydrogens is 276 g/mol. The van der Waals surface area contributed by atoms with Crippen molar-refractivity contribution in [3.8, 4) is 0 Å². The fourth-order valence-corrected chi connectivity index (χ4v) is 6.25. The Bertz CT molecular complexity index is 448. The van der Waals surface area contributed by atoms with Gasteiger partial charge in [-0.05, 0) is 62.2 Å². The molecule has 0 aromatic heterocycles. The fourth-order valence-electron chi connectivity index (χ4n) is 6.25. The lowest BCUT2D eigenvalue weighted by atomic mass is 9.48. The Morgan fingerprint density at radius 3 is 2.41 bits per heavy atom. The molecule has 0 aromatic rings. The quantitative estimate of drug-likeness (QED) is 0.773. The van der Waals surface area contributed by atoms with E-state index < -0.39 is 5.79 Å². The molecule has 0 amide bonds. The van der Waals surface area contributed by atoms with Gasteiger partial charge in [-0.25, -0.2) is 0 Å². The highest BCUT2D eigenvalue weighted by Crippen LogP contribution is 2.69. The van der Waals surface area contributed by atoms with Crippen LogP contribution in [0.2, 0.25) is 0 Å². The molecule has 2 aliphatic carbocycles. The van der Waals surface area contributed by atoms with Crippen LogP contribution in [0.4, 0.5) is 0 Å². The standard InChI is InChI=1S/C19H34O3/c1-8-19-11-15-18(6,22-17(5,21-15)12-20-7)16(3,4)14(19)10-9-13(19)2/h13-15H,8-12H2,1-7H3/t13?,14?,15-,17+,18-,19+/m0/s1. The van der Waals surface area contributed by atoms with Gasteiger partial charge in [-0.3, -0.25) is 0 Å². The van der Waals surface area contributed by atoms with Crippen molar-refractivity contribution >= 4 is 0 Å². The normalized spacial score (nSPS) is 53.3. The van der Waals surface area contributed by atoms with Crippen molar-refractivity contribution in [2.75, 3.05) is 13.7 Å². The number of fused-ring (bicyclic) bond motifs is 2. The highest BCUT2D eigenvalue weighted by molar-refractivity contribution is 5.17. The van der Waals surface area contributed by atoms with Gasteiger partial charge in [-0.15, -0.1) is 0 Å². The first kappa shape index (κ1) is 16.7. The highest BCUT2D eigenvalue weighted by Gasteiger charge is 2.70. The van der Waals surface area contributed by atoms with Crippen molar-refractivity contribution in [3.05, 3.63) is 0 Å². The molecule has 0 radical (unpaired) electrons. The van der Waals surface area contributed by atoms with E-state index in [4.69, 9.17) is 14.2 Å². The summed E-state index contributed by atoms with van der Waals surface area (Å²) in [6.45, 7) is 14.5. The second-order valence-corrected chi connectivity index (χ2v) is 8.93. The van der Waals surface area contributed by atoms with Crippen molar-refractivity contribution < 1.29 is 14.2 Å². The monoisotopic (exact) mass is 310 g/mol. The third-order valence-corrected chi connectivity index (χ3v) is 7.78. The van der Waals surface area contributed by atoms with E-state index in [-0.39, 0.29) is 17.1 Å². The number of ether oxygens (including phenoxy) is 3. The molecule has 22 heavy (non-hydrogen) atoms. The molecular formula is C19H34O3. The topological polar surface area (TPSA) is 27.7 Å². The number of methoxy groups -OCH3 is 1. The van der Waals surface area contributed by atoms with Gasteiger partial charge < -0.3 is 14.2 Å². The molecule has 3 rings (SSSR count). The third kappa shape index (κ3) is 1.91. The van der Waals surface area contributed by atoms with Crippen LogP contribution in [0.5, 0.6) is 0 Å². The largest absolute Gasteiger partial charge is 0.379 e. The maximum Gasteiger partial charge on any atom is 0.190 e. The highest BCUT2D eigenvalue weighted by atomic mass is 16.8. The van der Waals surface area contributed by atoms with E-state index in [2.05, 4.69) is 34.6 Å². The third-order valence-electron chi connectivity index (χ3n) is 7.78. The number of hydrogen-bond acceptors (Lipinski definition) is 3. The average molecular weight is 310 g/mol. The summed E-state index contributed by atoms with van der Waals surface area (Å²) in [6, 6.07) is 0. The van der Waals surface area contributed by atoms with Crippen LogP contribution in [-0.2, 0) is 14.2 Å². The summed E-state index contributed by atoms with van der Waals surface area (Å²) in [6.07, 6.45) is 5.22. The smallest absolute Gasteiger partial charge is 0.190 e. The van der Waals surface area contributed by atoms with Gasteiger partial charge >= 0.3 is 0 Å². The average Bonchev–Trinajstić information content (AvgIpc) is 2.88. The Morgan fingerprint density at radius 2 is 1.82 bits per heavy atom. The van der Waals surface area contributed by atoms with Gasteiger partial charge in [0.25, 0.3) is 0 Å². The van der Waals surface area contributed by atoms with Crippen LogP contribution in [-0.4, -0.2) is 31.2 Å². The molecule has 3 heteroatoms. The second kappa shape index (κ2) is 4.94. The lowest BCUT2D eigenvalue weighted by Gasteiger charge is -2.59. The Hall–Kier alpha value is -0.120. The van der Waals surface area contributed by atoms with Gasteiger partial charge in [0.2, 0.25) is 0 Å². The molecule has 1 saturated heterocycles. The SMILES string of the molecule is CC[C@]12C[C@@H]3O[C@@](C)(COC)O[C@]3(C)C(C)(C)C1CCC2C. The minimum absolute atomic E-state index is 0.113. The van der Waals surface area contributed by atoms with Crippen LogP contribution in [0, 0.1) is 22.7 Å². The van der Waals surface area contributed by atoms with E-state index in [9.17, 15) is 0 Å². The van der Waals surface area contributed by atoms with Gasteiger partial charge in [-0.2, -0.15) is 0 Å². The number of rotatable bonds is 3. The van der Waals surface area contributed by atoms with Gasteiger partial charge in [0.1, 0.15) is 12.2 Å². The summed E-state index contributed by atoms with van der Waals surface area (Å²) in [7, 11) is 1.72. The molecule has 128 valence electrons. The number of hydrogen-bond donors (Lipinski definition) is 0.